The third-order valence-electron chi connectivity index (χ3n) is 17.7. The first-order valence-corrected chi connectivity index (χ1v) is 41.1. The molecule has 0 aromatic heterocycles. The van der Waals surface area contributed by atoms with Gasteiger partial charge < -0.3 is 33.8 Å². The Morgan fingerprint density at radius 1 is 0.304 bits per heavy atom. The first kappa shape index (κ1) is 90.1. The van der Waals surface area contributed by atoms with Gasteiger partial charge >= 0.3 is 39.5 Å². The van der Waals surface area contributed by atoms with Gasteiger partial charge in [-0.3, -0.25) is 37.3 Å². The fraction of sp³-hybridized carbons (Fsp3) is 0.945. The quantitative estimate of drug-likeness (QED) is 0.0222. The van der Waals surface area contributed by atoms with Gasteiger partial charge in [0.25, 0.3) is 0 Å². The third-order valence-corrected chi connectivity index (χ3v) is 19.6. The normalized spacial score (nSPS) is 14.7. The van der Waals surface area contributed by atoms with Crippen molar-refractivity contribution >= 4 is 39.5 Å². The molecule has 0 aliphatic rings. The lowest BCUT2D eigenvalue weighted by Crippen LogP contribution is -2.30. The Hall–Kier alpha value is -1.94. The second-order valence-electron chi connectivity index (χ2n) is 26.8. The molecule has 19 heteroatoms. The molecule has 0 aromatic carbocycles. The third kappa shape index (κ3) is 64.1. The molecular formula is C73H142O17P2. The summed E-state index contributed by atoms with van der Waals surface area (Å²) in [5.74, 6) is -0.555. The number of ether oxygens (including phenoxy) is 4. The summed E-state index contributed by atoms with van der Waals surface area (Å²) in [6, 6.07) is 0. The van der Waals surface area contributed by atoms with Crippen molar-refractivity contribution in [3.63, 3.8) is 0 Å². The van der Waals surface area contributed by atoms with Gasteiger partial charge in [0.1, 0.15) is 19.3 Å². The van der Waals surface area contributed by atoms with Crippen LogP contribution in [0.25, 0.3) is 0 Å². The van der Waals surface area contributed by atoms with Crippen molar-refractivity contribution in [1.29, 1.82) is 0 Å². The van der Waals surface area contributed by atoms with E-state index in [0.717, 1.165) is 102 Å². The Bertz CT molecular complexity index is 1790. The predicted molar refractivity (Wildman–Crippen MR) is 372 cm³/mol. The molecule has 0 amide bonds. The van der Waals surface area contributed by atoms with Crippen LogP contribution in [0, 0.1) is 11.8 Å². The van der Waals surface area contributed by atoms with Crippen LogP contribution in [0.15, 0.2) is 0 Å². The average molecular weight is 1350 g/mol. The molecule has 0 aliphatic carbocycles. The summed E-state index contributed by atoms with van der Waals surface area (Å²) >= 11 is 0. The summed E-state index contributed by atoms with van der Waals surface area (Å²) in [6.07, 6.45) is 51.2. The SMILES string of the molecule is CCCCCCCCCCCCCCCCC(=O)OC[C@H](COP(=O)(O)OC[C@@H](O)COP(=O)(O)OC[C@@H](COC(=O)CCCCCCCCCCCC)OC(=O)CCCCCCCCC(C)CC)OC(=O)CCCCCCCCCCCCCCCCC(C)CC. The van der Waals surface area contributed by atoms with E-state index in [2.05, 4.69) is 41.5 Å². The van der Waals surface area contributed by atoms with Crippen LogP contribution in [0.5, 0.6) is 0 Å². The molecule has 3 N–H and O–H groups in total. The molecule has 0 saturated heterocycles. The Morgan fingerprint density at radius 3 is 0.772 bits per heavy atom. The number of phosphoric acid groups is 2. The van der Waals surface area contributed by atoms with E-state index < -0.39 is 97.5 Å². The predicted octanol–water partition coefficient (Wildman–Crippen LogP) is 21.2. The van der Waals surface area contributed by atoms with Gasteiger partial charge in [0, 0.05) is 25.7 Å². The minimum Gasteiger partial charge on any atom is -0.462 e. The summed E-state index contributed by atoms with van der Waals surface area (Å²) in [5, 5.41) is 10.6. The molecule has 17 nitrogen and oxygen atoms in total. The van der Waals surface area contributed by atoms with E-state index in [0.29, 0.717) is 25.7 Å². The lowest BCUT2D eigenvalue weighted by Gasteiger charge is -2.21. The van der Waals surface area contributed by atoms with Crippen LogP contribution >= 0.6 is 15.6 Å². The highest BCUT2D eigenvalue weighted by molar-refractivity contribution is 7.47. The second-order valence-corrected chi connectivity index (χ2v) is 29.7. The van der Waals surface area contributed by atoms with Crippen molar-refractivity contribution in [1.82, 2.24) is 0 Å². The Kier molecular flexibility index (Phi) is 63.7. The van der Waals surface area contributed by atoms with Crippen molar-refractivity contribution in [3.05, 3.63) is 0 Å². The van der Waals surface area contributed by atoms with E-state index in [4.69, 9.17) is 37.0 Å². The van der Waals surface area contributed by atoms with Crippen LogP contribution in [0.3, 0.4) is 0 Å². The highest BCUT2D eigenvalue weighted by Crippen LogP contribution is 2.45. The number of carbonyl (C=O) groups excluding carboxylic acids is 4. The monoisotopic (exact) mass is 1350 g/mol. The topological polar surface area (TPSA) is 237 Å². The van der Waals surface area contributed by atoms with Gasteiger partial charge in [-0.25, -0.2) is 9.13 Å². The van der Waals surface area contributed by atoms with Crippen LogP contribution in [0.2, 0.25) is 0 Å². The van der Waals surface area contributed by atoms with Gasteiger partial charge in [0.15, 0.2) is 12.2 Å². The molecule has 0 aliphatic heterocycles. The van der Waals surface area contributed by atoms with Crippen molar-refractivity contribution in [2.45, 2.75) is 394 Å². The van der Waals surface area contributed by atoms with Crippen LogP contribution < -0.4 is 0 Å². The Balaban J connectivity index is 5.23. The van der Waals surface area contributed by atoms with Crippen molar-refractivity contribution in [2.75, 3.05) is 39.6 Å². The summed E-state index contributed by atoms with van der Waals surface area (Å²) in [6.45, 7) is 9.57. The van der Waals surface area contributed by atoms with Gasteiger partial charge in [-0.1, -0.05) is 324 Å². The standard InChI is InChI=1S/C73H142O17P2/c1-7-11-13-15-17-19-21-22-26-29-33-37-44-50-56-71(76)83-61-68(89-72(77)57-51-45-38-34-30-27-24-23-25-28-31-35-41-47-53-65(5)9-3)63-87-91(79,80)85-59-67(74)60-86-92(81,82)88-64-69(90-73(78)58-52-46-40-39-42-48-54-66(6)10-4)62-84-70(75)55-49-43-36-32-20-18-16-14-12-8-2/h65-69,74H,7-64H2,1-6H3,(H,79,80)(H,81,82)/t65?,66?,67-,68-,69-/m1/s1. The fourth-order valence-electron chi connectivity index (χ4n) is 11.1. The van der Waals surface area contributed by atoms with Gasteiger partial charge in [0.05, 0.1) is 26.4 Å². The van der Waals surface area contributed by atoms with Gasteiger partial charge in [0.2, 0.25) is 0 Å². The maximum absolute atomic E-state index is 13.1. The smallest absolute Gasteiger partial charge is 0.462 e. The minimum absolute atomic E-state index is 0.103. The molecule has 0 heterocycles. The zero-order valence-corrected chi connectivity index (χ0v) is 61.6. The zero-order chi connectivity index (χ0) is 67.9. The molecule has 546 valence electrons. The van der Waals surface area contributed by atoms with Crippen LogP contribution in [-0.2, 0) is 65.4 Å². The Labute approximate surface area is 562 Å². The van der Waals surface area contributed by atoms with Crippen LogP contribution in [0.4, 0.5) is 0 Å². The molecule has 4 unspecified atom stereocenters. The number of esters is 4. The summed E-state index contributed by atoms with van der Waals surface area (Å²) in [5.41, 5.74) is 0. The number of hydrogen-bond donors (Lipinski definition) is 3. The molecular weight excluding hydrogens is 1210 g/mol. The summed E-state index contributed by atoms with van der Waals surface area (Å²) in [7, 11) is -9.90. The maximum atomic E-state index is 13.1. The molecule has 0 aromatic rings. The molecule has 92 heavy (non-hydrogen) atoms. The number of rotatable bonds is 72. The highest BCUT2D eigenvalue weighted by Gasteiger charge is 2.30. The number of aliphatic hydroxyl groups is 1. The van der Waals surface area contributed by atoms with Crippen LogP contribution in [0.1, 0.15) is 375 Å². The zero-order valence-electron chi connectivity index (χ0n) is 59.9. The molecule has 7 atom stereocenters. The maximum Gasteiger partial charge on any atom is 0.472 e. The van der Waals surface area contributed by atoms with Crippen LogP contribution in [-0.4, -0.2) is 96.7 Å². The van der Waals surface area contributed by atoms with Crippen molar-refractivity contribution < 1.29 is 80.2 Å². The number of phosphoric ester groups is 2. The number of hydrogen-bond acceptors (Lipinski definition) is 15. The Morgan fingerprint density at radius 2 is 0.522 bits per heavy atom. The fourth-order valence-corrected chi connectivity index (χ4v) is 12.6. The van der Waals surface area contributed by atoms with Gasteiger partial charge in [-0.05, 0) is 37.5 Å². The lowest BCUT2D eigenvalue weighted by atomic mass is 9.99. The largest absolute Gasteiger partial charge is 0.472 e. The lowest BCUT2D eigenvalue weighted by molar-refractivity contribution is -0.161. The summed E-state index contributed by atoms with van der Waals surface area (Å²) in [4.78, 5) is 72.6. The van der Waals surface area contributed by atoms with Gasteiger partial charge in [-0.2, -0.15) is 0 Å². The molecule has 0 rings (SSSR count). The molecule has 0 radical (unpaired) electrons. The molecule has 0 spiro atoms. The molecule has 0 fully saturated rings. The van der Waals surface area contributed by atoms with Crippen molar-refractivity contribution in [2.24, 2.45) is 11.8 Å². The van der Waals surface area contributed by atoms with E-state index >= 15 is 0 Å². The second kappa shape index (κ2) is 65.0. The van der Waals surface area contributed by atoms with E-state index in [9.17, 15) is 43.2 Å². The minimum atomic E-state index is -4.95. The number of unbranched alkanes of at least 4 members (excludes halogenated alkanes) is 40. The summed E-state index contributed by atoms with van der Waals surface area (Å²) < 4.78 is 68.4. The van der Waals surface area contributed by atoms with E-state index in [1.807, 2.05) is 0 Å². The van der Waals surface area contributed by atoms with Crippen molar-refractivity contribution in [3.8, 4) is 0 Å². The number of carbonyl (C=O) groups is 4. The number of aliphatic hydroxyl groups excluding tert-OH is 1. The first-order chi connectivity index (χ1) is 44.4. The average Bonchev–Trinajstić information content (AvgIpc) is 3.60. The van der Waals surface area contributed by atoms with E-state index in [-0.39, 0.29) is 25.7 Å². The highest BCUT2D eigenvalue weighted by atomic mass is 31.2. The molecule has 0 saturated carbocycles. The first-order valence-electron chi connectivity index (χ1n) is 38.1. The van der Waals surface area contributed by atoms with E-state index in [1.54, 1.807) is 0 Å². The van der Waals surface area contributed by atoms with E-state index in [1.165, 1.54) is 193 Å². The molecule has 0 bridgehead atoms. The van der Waals surface area contributed by atoms with Gasteiger partial charge in [-0.15, -0.1) is 0 Å².